The third-order valence-electron chi connectivity index (χ3n) is 4.90. The fourth-order valence-corrected chi connectivity index (χ4v) is 4.32. The molecular formula is C17H28N4S. The molecule has 0 amide bonds. The molecule has 0 N–H and O–H groups in total. The Labute approximate surface area is 138 Å². The standard InChI is InChI=1S/C17H28N4S/c1-14-6-5-9-20(11-14)16-10-17(19-13-18-16)21-8-4-3-7-15(12-21)22-2/h10,13-15H,3-9,11-12H2,1-2H3. The zero-order chi connectivity index (χ0) is 15.4. The Balaban J connectivity index is 1.75. The molecule has 1 aromatic rings. The second-order valence-electron chi connectivity index (χ2n) is 6.73. The minimum absolute atomic E-state index is 0.732. The Morgan fingerprint density at radius 3 is 2.45 bits per heavy atom. The molecule has 0 bridgehead atoms. The van der Waals surface area contributed by atoms with E-state index in [2.05, 4.69) is 39.0 Å². The molecule has 0 aliphatic carbocycles. The SMILES string of the molecule is CSC1CCCCN(c2cc(N3CCCC(C)C3)ncn2)C1. The quantitative estimate of drug-likeness (QED) is 0.852. The van der Waals surface area contributed by atoms with Crippen molar-refractivity contribution in [1.29, 1.82) is 0 Å². The summed E-state index contributed by atoms with van der Waals surface area (Å²) < 4.78 is 0. The van der Waals surface area contributed by atoms with Crippen LogP contribution >= 0.6 is 11.8 Å². The number of rotatable bonds is 3. The zero-order valence-electron chi connectivity index (χ0n) is 13.9. The lowest BCUT2D eigenvalue weighted by Gasteiger charge is -2.32. The number of hydrogen-bond acceptors (Lipinski definition) is 5. The first-order chi connectivity index (χ1) is 10.8. The molecule has 2 aliphatic heterocycles. The molecule has 0 radical (unpaired) electrons. The smallest absolute Gasteiger partial charge is 0.134 e. The second-order valence-corrected chi connectivity index (χ2v) is 7.87. The topological polar surface area (TPSA) is 32.3 Å². The first-order valence-electron chi connectivity index (χ1n) is 8.61. The van der Waals surface area contributed by atoms with Crippen LogP contribution in [0, 0.1) is 5.92 Å². The van der Waals surface area contributed by atoms with Gasteiger partial charge in [0.1, 0.15) is 18.0 Å². The maximum Gasteiger partial charge on any atom is 0.134 e. The van der Waals surface area contributed by atoms with Gasteiger partial charge in [-0.25, -0.2) is 9.97 Å². The summed E-state index contributed by atoms with van der Waals surface area (Å²) in [5.74, 6) is 3.00. The van der Waals surface area contributed by atoms with E-state index in [9.17, 15) is 0 Å². The van der Waals surface area contributed by atoms with Crippen molar-refractivity contribution in [2.24, 2.45) is 5.92 Å². The van der Waals surface area contributed by atoms with Crippen LogP contribution in [0.1, 0.15) is 39.0 Å². The molecular weight excluding hydrogens is 292 g/mol. The zero-order valence-corrected chi connectivity index (χ0v) is 14.7. The molecule has 2 saturated heterocycles. The molecule has 2 aliphatic rings. The average molecular weight is 321 g/mol. The van der Waals surface area contributed by atoms with Crippen LogP contribution in [0.3, 0.4) is 0 Å². The first kappa shape index (κ1) is 15.9. The summed E-state index contributed by atoms with van der Waals surface area (Å²) in [6.07, 6.45) is 10.5. The first-order valence-corrected chi connectivity index (χ1v) is 9.90. The Hall–Kier alpha value is -0.970. The van der Waals surface area contributed by atoms with E-state index >= 15 is 0 Å². The van der Waals surface area contributed by atoms with Crippen LogP contribution < -0.4 is 9.80 Å². The van der Waals surface area contributed by atoms with Crippen molar-refractivity contribution in [2.45, 2.75) is 44.3 Å². The minimum Gasteiger partial charge on any atom is -0.356 e. The lowest BCUT2D eigenvalue weighted by Crippen LogP contribution is -2.35. The van der Waals surface area contributed by atoms with Crippen LogP contribution in [0.15, 0.2) is 12.4 Å². The Morgan fingerprint density at radius 1 is 1.00 bits per heavy atom. The van der Waals surface area contributed by atoms with E-state index in [0.717, 1.165) is 49.0 Å². The largest absolute Gasteiger partial charge is 0.356 e. The van der Waals surface area contributed by atoms with Gasteiger partial charge in [0.25, 0.3) is 0 Å². The third kappa shape index (κ3) is 3.86. The Morgan fingerprint density at radius 2 is 1.73 bits per heavy atom. The van der Waals surface area contributed by atoms with Crippen LogP contribution in [0.25, 0.3) is 0 Å². The molecule has 4 nitrogen and oxygen atoms in total. The van der Waals surface area contributed by atoms with E-state index in [1.807, 2.05) is 11.8 Å². The maximum absolute atomic E-state index is 4.57. The average Bonchev–Trinajstić information content (AvgIpc) is 2.80. The molecule has 0 aromatic carbocycles. The van der Waals surface area contributed by atoms with Crippen molar-refractivity contribution < 1.29 is 0 Å². The number of nitrogens with zero attached hydrogens (tertiary/aromatic N) is 4. The summed E-state index contributed by atoms with van der Waals surface area (Å²) >= 11 is 1.99. The number of thioether (sulfide) groups is 1. The summed E-state index contributed by atoms with van der Waals surface area (Å²) in [5.41, 5.74) is 0. The highest BCUT2D eigenvalue weighted by atomic mass is 32.2. The number of aromatic nitrogens is 2. The lowest BCUT2D eigenvalue weighted by molar-refractivity contribution is 0.444. The number of piperidine rings is 1. The van der Waals surface area contributed by atoms with Crippen molar-refractivity contribution in [3.05, 3.63) is 12.4 Å². The van der Waals surface area contributed by atoms with Crippen molar-refractivity contribution in [3.63, 3.8) is 0 Å². The minimum atomic E-state index is 0.732. The van der Waals surface area contributed by atoms with Crippen LogP contribution in [0.4, 0.5) is 11.6 Å². The van der Waals surface area contributed by atoms with Crippen LogP contribution in [-0.2, 0) is 0 Å². The second kappa shape index (κ2) is 7.53. The van der Waals surface area contributed by atoms with E-state index in [4.69, 9.17) is 0 Å². The molecule has 0 saturated carbocycles. The predicted molar refractivity (Wildman–Crippen MR) is 96.0 cm³/mol. The normalized spacial score (nSPS) is 26.8. The summed E-state index contributed by atoms with van der Waals surface area (Å²) in [5, 5.41) is 0.732. The summed E-state index contributed by atoms with van der Waals surface area (Å²) in [6, 6.07) is 2.21. The van der Waals surface area contributed by atoms with Crippen molar-refractivity contribution in [2.75, 3.05) is 42.2 Å². The highest BCUT2D eigenvalue weighted by Crippen LogP contribution is 2.27. The molecule has 2 unspecified atom stereocenters. The third-order valence-corrected chi connectivity index (χ3v) is 5.96. The van der Waals surface area contributed by atoms with Crippen molar-refractivity contribution >= 4 is 23.4 Å². The number of anilines is 2. The van der Waals surface area contributed by atoms with E-state index < -0.39 is 0 Å². The maximum atomic E-state index is 4.57. The molecule has 0 spiro atoms. The summed E-state index contributed by atoms with van der Waals surface area (Å²) in [4.78, 5) is 14.0. The van der Waals surface area contributed by atoms with E-state index in [0.29, 0.717) is 0 Å². The van der Waals surface area contributed by atoms with Crippen molar-refractivity contribution in [1.82, 2.24) is 9.97 Å². The van der Waals surface area contributed by atoms with Crippen LogP contribution in [-0.4, -0.2) is 47.7 Å². The Kier molecular flexibility index (Phi) is 5.45. The van der Waals surface area contributed by atoms with E-state index in [1.54, 1.807) is 6.33 Å². The monoisotopic (exact) mass is 320 g/mol. The van der Waals surface area contributed by atoms with Gasteiger partial charge in [-0.3, -0.25) is 0 Å². The van der Waals surface area contributed by atoms with Gasteiger partial charge < -0.3 is 9.80 Å². The molecule has 2 atom stereocenters. The molecule has 3 heterocycles. The highest BCUT2D eigenvalue weighted by molar-refractivity contribution is 7.99. The van der Waals surface area contributed by atoms with Gasteiger partial charge in [-0.05, 0) is 37.9 Å². The Bertz CT molecular complexity index is 481. The van der Waals surface area contributed by atoms with Crippen molar-refractivity contribution in [3.8, 4) is 0 Å². The summed E-state index contributed by atoms with van der Waals surface area (Å²) in [6.45, 7) is 6.85. The van der Waals surface area contributed by atoms with Gasteiger partial charge in [-0.1, -0.05) is 13.3 Å². The van der Waals surface area contributed by atoms with Gasteiger partial charge in [0.15, 0.2) is 0 Å². The molecule has 1 aromatic heterocycles. The molecule has 122 valence electrons. The van der Waals surface area contributed by atoms with Gasteiger partial charge in [-0.15, -0.1) is 0 Å². The van der Waals surface area contributed by atoms with Gasteiger partial charge >= 0.3 is 0 Å². The van der Waals surface area contributed by atoms with Gasteiger partial charge in [-0.2, -0.15) is 11.8 Å². The predicted octanol–water partition coefficient (Wildman–Crippen LogP) is 3.43. The summed E-state index contributed by atoms with van der Waals surface area (Å²) in [7, 11) is 0. The number of hydrogen-bond donors (Lipinski definition) is 0. The molecule has 5 heteroatoms. The van der Waals surface area contributed by atoms with Crippen LogP contribution in [0.2, 0.25) is 0 Å². The molecule has 3 rings (SSSR count). The van der Waals surface area contributed by atoms with Gasteiger partial charge in [0, 0.05) is 37.5 Å². The van der Waals surface area contributed by atoms with Gasteiger partial charge in [0.05, 0.1) is 0 Å². The fourth-order valence-electron chi connectivity index (χ4n) is 3.58. The van der Waals surface area contributed by atoms with Crippen LogP contribution in [0.5, 0.6) is 0 Å². The van der Waals surface area contributed by atoms with Gasteiger partial charge in [0.2, 0.25) is 0 Å². The lowest BCUT2D eigenvalue weighted by atomic mass is 10.0. The fraction of sp³-hybridized carbons (Fsp3) is 0.765. The van der Waals surface area contributed by atoms with E-state index in [1.165, 1.54) is 32.1 Å². The molecule has 2 fully saturated rings. The highest BCUT2D eigenvalue weighted by Gasteiger charge is 2.21. The van der Waals surface area contributed by atoms with E-state index in [-0.39, 0.29) is 0 Å². The molecule has 22 heavy (non-hydrogen) atoms.